The summed E-state index contributed by atoms with van der Waals surface area (Å²) in [4.78, 5) is 4.17. The Labute approximate surface area is 104 Å². The van der Waals surface area contributed by atoms with Gasteiger partial charge in [-0.1, -0.05) is 12.2 Å². The smallest absolute Gasteiger partial charge is 0.213 e. The monoisotopic (exact) mass is 234 g/mol. The molecule has 0 aromatic carbocycles. The minimum atomic E-state index is 0.120. The van der Waals surface area contributed by atoms with Gasteiger partial charge in [-0.3, -0.25) is 0 Å². The molecule has 0 bridgehead atoms. The van der Waals surface area contributed by atoms with Crippen molar-refractivity contribution in [2.24, 2.45) is 0 Å². The van der Waals surface area contributed by atoms with E-state index in [0.29, 0.717) is 12.5 Å². The normalized spacial score (nSPS) is 12.0. The van der Waals surface area contributed by atoms with E-state index in [9.17, 15) is 0 Å². The number of pyridine rings is 1. The van der Waals surface area contributed by atoms with Crippen molar-refractivity contribution >= 4 is 0 Å². The molecule has 1 aromatic rings. The number of allylic oxidation sites excluding steroid dienone is 1. The fourth-order valence-electron chi connectivity index (χ4n) is 1.24. The van der Waals surface area contributed by atoms with Crippen LogP contribution in [0.1, 0.15) is 33.3 Å². The minimum Gasteiger partial charge on any atom is -0.473 e. The molecule has 1 heterocycles. The van der Waals surface area contributed by atoms with Gasteiger partial charge in [0.1, 0.15) is 6.61 Å². The van der Waals surface area contributed by atoms with Gasteiger partial charge in [-0.2, -0.15) is 0 Å². The van der Waals surface area contributed by atoms with Crippen molar-refractivity contribution in [1.82, 2.24) is 10.3 Å². The topological polar surface area (TPSA) is 34.1 Å². The van der Waals surface area contributed by atoms with Crippen LogP contribution in [0.15, 0.2) is 30.5 Å². The standard InChI is InChI=1S/C14H22N2O/c1-5-6-9-17-13-10-12(7-8-15-13)11-16-14(2,3)4/h5-8,10,16H,9,11H2,1-4H3. The second-order valence-electron chi connectivity index (χ2n) is 4.99. The summed E-state index contributed by atoms with van der Waals surface area (Å²) < 4.78 is 5.49. The zero-order chi connectivity index (χ0) is 12.7. The first-order valence-corrected chi connectivity index (χ1v) is 5.95. The van der Waals surface area contributed by atoms with Crippen LogP contribution in [0.5, 0.6) is 5.88 Å². The molecular weight excluding hydrogens is 212 g/mol. The van der Waals surface area contributed by atoms with Crippen molar-refractivity contribution < 1.29 is 4.74 Å². The predicted molar refractivity (Wildman–Crippen MR) is 71.1 cm³/mol. The van der Waals surface area contributed by atoms with Gasteiger partial charge >= 0.3 is 0 Å². The van der Waals surface area contributed by atoms with Gasteiger partial charge in [0.2, 0.25) is 5.88 Å². The van der Waals surface area contributed by atoms with E-state index in [1.807, 2.05) is 31.2 Å². The molecule has 17 heavy (non-hydrogen) atoms. The number of nitrogens with one attached hydrogen (secondary N) is 1. The summed E-state index contributed by atoms with van der Waals surface area (Å²) in [5, 5.41) is 3.44. The maximum atomic E-state index is 5.49. The Balaban J connectivity index is 2.53. The summed E-state index contributed by atoms with van der Waals surface area (Å²) in [5.41, 5.74) is 1.31. The first-order chi connectivity index (χ1) is 8.01. The number of rotatable bonds is 5. The van der Waals surface area contributed by atoms with Gasteiger partial charge < -0.3 is 10.1 Å². The molecule has 0 radical (unpaired) electrons. The lowest BCUT2D eigenvalue weighted by Crippen LogP contribution is -2.35. The zero-order valence-corrected chi connectivity index (χ0v) is 11.2. The molecule has 0 unspecified atom stereocenters. The van der Waals surface area contributed by atoms with Crippen molar-refractivity contribution in [2.45, 2.75) is 39.8 Å². The third-order valence-electron chi connectivity index (χ3n) is 2.19. The largest absolute Gasteiger partial charge is 0.473 e. The zero-order valence-electron chi connectivity index (χ0n) is 11.2. The Kier molecular flexibility index (Phi) is 5.16. The van der Waals surface area contributed by atoms with E-state index in [4.69, 9.17) is 4.74 Å². The van der Waals surface area contributed by atoms with E-state index in [1.54, 1.807) is 6.20 Å². The number of ether oxygens (including phenoxy) is 1. The highest BCUT2D eigenvalue weighted by molar-refractivity contribution is 5.20. The highest BCUT2D eigenvalue weighted by Crippen LogP contribution is 2.10. The van der Waals surface area contributed by atoms with Crippen LogP contribution < -0.4 is 10.1 Å². The van der Waals surface area contributed by atoms with E-state index in [0.717, 1.165) is 6.54 Å². The average molecular weight is 234 g/mol. The van der Waals surface area contributed by atoms with Crippen LogP contribution in [0, 0.1) is 0 Å². The lowest BCUT2D eigenvalue weighted by Gasteiger charge is -2.20. The fraction of sp³-hybridized carbons (Fsp3) is 0.500. The first kappa shape index (κ1) is 13.7. The van der Waals surface area contributed by atoms with Crippen LogP contribution in [0.2, 0.25) is 0 Å². The lowest BCUT2D eigenvalue weighted by atomic mass is 10.1. The van der Waals surface area contributed by atoms with Crippen molar-refractivity contribution in [3.63, 3.8) is 0 Å². The maximum Gasteiger partial charge on any atom is 0.213 e. The summed E-state index contributed by atoms with van der Waals surface area (Å²) >= 11 is 0. The maximum absolute atomic E-state index is 5.49. The molecular formula is C14H22N2O. The SMILES string of the molecule is CC=CCOc1cc(CNC(C)(C)C)ccn1. The number of nitrogens with zero attached hydrogens (tertiary/aromatic N) is 1. The summed E-state index contributed by atoms with van der Waals surface area (Å²) in [7, 11) is 0. The quantitative estimate of drug-likeness (QED) is 0.795. The van der Waals surface area contributed by atoms with Crippen LogP contribution in [0.25, 0.3) is 0 Å². The number of hydrogen-bond donors (Lipinski definition) is 1. The van der Waals surface area contributed by atoms with E-state index < -0.39 is 0 Å². The molecule has 1 aromatic heterocycles. The molecule has 0 saturated heterocycles. The number of hydrogen-bond acceptors (Lipinski definition) is 3. The Morgan fingerprint density at radius 1 is 1.41 bits per heavy atom. The molecule has 0 aliphatic carbocycles. The molecule has 0 amide bonds. The molecule has 94 valence electrons. The molecule has 0 atom stereocenters. The van der Waals surface area contributed by atoms with Gasteiger partial charge in [-0.15, -0.1) is 0 Å². The fourth-order valence-corrected chi connectivity index (χ4v) is 1.24. The molecule has 0 saturated carbocycles. The molecule has 1 rings (SSSR count). The van der Waals surface area contributed by atoms with E-state index >= 15 is 0 Å². The van der Waals surface area contributed by atoms with Crippen molar-refractivity contribution in [3.8, 4) is 5.88 Å². The van der Waals surface area contributed by atoms with Gasteiger partial charge in [-0.25, -0.2) is 4.98 Å². The summed E-state index contributed by atoms with van der Waals surface area (Å²) in [6.07, 6.45) is 5.71. The van der Waals surface area contributed by atoms with Crippen molar-refractivity contribution in [2.75, 3.05) is 6.61 Å². The second kappa shape index (κ2) is 6.40. The molecule has 3 heteroatoms. The third kappa shape index (κ3) is 6.07. The molecule has 0 spiro atoms. The molecule has 1 N–H and O–H groups in total. The Morgan fingerprint density at radius 3 is 2.82 bits per heavy atom. The van der Waals surface area contributed by atoms with Crippen LogP contribution in [-0.4, -0.2) is 17.1 Å². The molecule has 0 fully saturated rings. The van der Waals surface area contributed by atoms with Gasteiger partial charge in [0.25, 0.3) is 0 Å². The Bertz CT molecular complexity index is 367. The average Bonchev–Trinajstić information content (AvgIpc) is 2.27. The van der Waals surface area contributed by atoms with Gasteiger partial charge in [-0.05, 0) is 39.3 Å². The van der Waals surface area contributed by atoms with Crippen LogP contribution >= 0.6 is 0 Å². The number of aromatic nitrogens is 1. The second-order valence-corrected chi connectivity index (χ2v) is 4.99. The molecule has 0 aliphatic heterocycles. The molecule has 3 nitrogen and oxygen atoms in total. The predicted octanol–water partition coefficient (Wildman–Crippen LogP) is 2.92. The third-order valence-corrected chi connectivity index (χ3v) is 2.19. The van der Waals surface area contributed by atoms with E-state index in [2.05, 4.69) is 31.1 Å². The summed E-state index contributed by atoms with van der Waals surface area (Å²) in [6.45, 7) is 9.82. The Hall–Kier alpha value is -1.35. The highest BCUT2D eigenvalue weighted by Gasteiger charge is 2.08. The minimum absolute atomic E-state index is 0.120. The van der Waals surface area contributed by atoms with Crippen LogP contribution in [-0.2, 0) is 6.54 Å². The van der Waals surface area contributed by atoms with Crippen molar-refractivity contribution in [3.05, 3.63) is 36.0 Å². The Morgan fingerprint density at radius 2 is 2.18 bits per heavy atom. The van der Waals surface area contributed by atoms with Gasteiger partial charge in [0.15, 0.2) is 0 Å². The lowest BCUT2D eigenvalue weighted by molar-refractivity contribution is 0.347. The van der Waals surface area contributed by atoms with Gasteiger partial charge in [0.05, 0.1) is 0 Å². The summed E-state index contributed by atoms with van der Waals surface area (Å²) in [5.74, 6) is 0.677. The van der Waals surface area contributed by atoms with Crippen LogP contribution in [0.3, 0.4) is 0 Å². The highest BCUT2D eigenvalue weighted by atomic mass is 16.5. The van der Waals surface area contributed by atoms with E-state index in [-0.39, 0.29) is 5.54 Å². The van der Waals surface area contributed by atoms with Crippen molar-refractivity contribution in [1.29, 1.82) is 0 Å². The molecule has 0 aliphatic rings. The van der Waals surface area contributed by atoms with Gasteiger partial charge in [0, 0.05) is 24.3 Å². The first-order valence-electron chi connectivity index (χ1n) is 5.95. The summed E-state index contributed by atoms with van der Waals surface area (Å²) in [6, 6.07) is 3.98. The van der Waals surface area contributed by atoms with E-state index in [1.165, 1.54) is 5.56 Å². The van der Waals surface area contributed by atoms with Crippen LogP contribution in [0.4, 0.5) is 0 Å².